The van der Waals surface area contributed by atoms with Crippen molar-refractivity contribution in [3.8, 4) is 0 Å². The number of aryl methyl sites for hydroxylation is 2. The van der Waals surface area contributed by atoms with Gasteiger partial charge in [0, 0.05) is 13.6 Å². The Morgan fingerprint density at radius 2 is 2.33 bits per heavy atom. The van der Waals surface area contributed by atoms with Gasteiger partial charge in [0.15, 0.2) is 0 Å². The van der Waals surface area contributed by atoms with Gasteiger partial charge in [-0.2, -0.15) is 10.1 Å². The van der Waals surface area contributed by atoms with Crippen molar-refractivity contribution in [1.82, 2.24) is 14.8 Å². The molecule has 12 heavy (non-hydrogen) atoms. The molecule has 0 saturated heterocycles. The van der Waals surface area contributed by atoms with Crippen LogP contribution in [0.2, 0.25) is 0 Å². The molecule has 1 fully saturated rings. The quantitative estimate of drug-likeness (QED) is 0.726. The normalized spacial score (nSPS) is 16.5. The molecule has 0 radical (unpaired) electrons. The van der Waals surface area contributed by atoms with Crippen LogP contribution in [0.4, 0.5) is 5.95 Å². The number of nitrogens with zero attached hydrogens (tertiary/aromatic N) is 3. The lowest BCUT2D eigenvalue weighted by atomic mass is 10.4. The summed E-state index contributed by atoms with van der Waals surface area (Å²) in [7, 11) is 1.91. The van der Waals surface area contributed by atoms with E-state index in [1.807, 2.05) is 14.0 Å². The monoisotopic (exact) mass is 166 g/mol. The van der Waals surface area contributed by atoms with E-state index in [0.717, 1.165) is 24.2 Å². The summed E-state index contributed by atoms with van der Waals surface area (Å²) < 4.78 is 1.79. The minimum absolute atomic E-state index is 0.829. The van der Waals surface area contributed by atoms with Gasteiger partial charge in [-0.3, -0.25) is 0 Å². The zero-order valence-electron chi connectivity index (χ0n) is 7.54. The van der Waals surface area contributed by atoms with Gasteiger partial charge in [-0.1, -0.05) is 0 Å². The van der Waals surface area contributed by atoms with Crippen molar-refractivity contribution in [2.24, 2.45) is 13.0 Å². The fourth-order valence-electron chi connectivity index (χ4n) is 1.22. The smallest absolute Gasteiger partial charge is 0.221 e. The van der Waals surface area contributed by atoms with Crippen molar-refractivity contribution < 1.29 is 0 Å². The van der Waals surface area contributed by atoms with Crippen LogP contribution in [-0.2, 0) is 7.05 Å². The molecule has 4 heteroatoms. The van der Waals surface area contributed by atoms with Crippen LogP contribution in [0.25, 0.3) is 0 Å². The van der Waals surface area contributed by atoms with Gasteiger partial charge in [0.1, 0.15) is 5.82 Å². The highest BCUT2D eigenvalue weighted by Crippen LogP contribution is 2.28. The van der Waals surface area contributed by atoms with Crippen LogP contribution in [0, 0.1) is 12.8 Å². The highest BCUT2D eigenvalue weighted by molar-refractivity contribution is 5.24. The summed E-state index contributed by atoms with van der Waals surface area (Å²) in [6.45, 7) is 2.95. The Bertz CT molecular complexity index is 275. The summed E-state index contributed by atoms with van der Waals surface area (Å²) in [5.41, 5.74) is 0. The zero-order chi connectivity index (χ0) is 8.55. The van der Waals surface area contributed by atoms with E-state index in [1.54, 1.807) is 4.68 Å². The molecule has 4 nitrogen and oxygen atoms in total. The second-order valence-electron chi connectivity index (χ2n) is 3.43. The minimum atomic E-state index is 0.829. The number of hydrogen-bond donors (Lipinski definition) is 1. The van der Waals surface area contributed by atoms with E-state index in [-0.39, 0.29) is 0 Å². The first-order valence-electron chi connectivity index (χ1n) is 4.37. The van der Waals surface area contributed by atoms with Crippen LogP contribution in [-0.4, -0.2) is 21.3 Å². The van der Waals surface area contributed by atoms with E-state index in [9.17, 15) is 0 Å². The van der Waals surface area contributed by atoms with Crippen LogP contribution in [0.1, 0.15) is 18.7 Å². The van der Waals surface area contributed by atoms with Crippen LogP contribution in [0.3, 0.4) is 0 Å². The number of hydrogen-bond acceptors (Lipinski definition) is 3. The van der Waals surface area contributed by atoms with E-state index in [0.29, 0.717) is 0 Å². The Morgan fingerprint density at radius 3 is 2.83 bits per heavy atom. The first-order chi connectivity index (χ1) is 5.75. The average Bonchev–Trinajstić information content (AvgIpc) is 2.76. The minimum Gasteiger partial charge on any atom is -0.354 e. The zero-order valence-corrected chi connectivity index (χ0v) is 7.54. The predicted molar refractivity (Wildman–Crippen MR) is 47.0 cm³/mol. The van der Waals surface area contributed by atoms with Gasteiger partial charge in [0.2, 0.25) is 5.95 Å². The summed E-state index contributed by atoms with van der Waals surface area (Å²) in [4.78, 5) is 4.25. The molecule has 1 saturated carbocycles. The maximum Gasteiger partial charge on any atom is 0.221 e. The lowest BCUT2D eigenvalue weighted by molar-refractivity contribution is 0.750. The Hall–Kier alpha value is -1.06. The van der Waals surface area contributed by atoms with Crippen molar-refractivity contribution >= 4 is 5.95 Å². The van der Waals surface area contributed by atoms with E-state index in [1.165, 1.54) is 12.8 Å². The maximum atomic E-state index is 4.25. The summed E-state index contributed by atoms with van der Waals surface area (Å²) >= 11 is 0. The summed E-state index contributed by atoms with van der Waals surface area (Å²) in [5.74, 6) is 2.59. The molecule has 0 bridgehead atoms. The third-order valence-electron chi connectivity index (χ3n) is 2.11. The van der Waals surface area contributed by atoms with Gasteiger partial charge in [-0.25, -0.2) is 4.68 Å². The molecular weight excluding hydrogens is 152 g/mol. The van der Waals surface area contributed by atoms with Gasteiger partial charge in [-0.15, -0.1) is 0 Å². The average molecular weight is 166 g/mol. The third-order valence-corrected chi connectivity index (χ3v) is 2.11. The van der Waals surface area contributed by atoms with Crippen molar-refractivity contribution in [2.45, 2.75) is 19.8 Å². The van der Waals surface area contributed by atoms with E-state index >= 15 is 0 Å². The fraction of sp³-hybridized carbons (Fsp3) is 0.750. The molecule has 0 atom stereocenters. The molecule has 1 N–H and O–H groups in total. The molecule has 2 rings (SSSR count). The van der Waals surface area contributed by atoms with Crippen LogP contribution in [0.15, 0.2) is 0 Å². The highest BCUT2D eigenvalue weighted by Gasteiger charge is 2.21. The molecule has 66 valence electrons. The molecule has 0 spiro atoms. The first kappa shape index (κ1) is 7.58. The largest absolute Gasteiger partial charge is 0.354 e. The molecule has 1 aromatic heterocycles. The molecule has 0 aromatic carbocycles. The number of anilines is 1. The molecule has 1 heterocycles. The van der Waals surface area contributed by atoms with Gasteiger partial charge in [0.05, 0.1) is 0 Å². The van der Waals surface area contributed by atoms with Gasteiger partial charge in [0.25, 0.3) is 0 Å². The second-order valence-corrected chi connectivity index (χ2v) is 3.43. The highest BCUT2D eigenvalue weighted by atomic mass is 15.4. The van der Waals surface area contributed by atoms with Crippen molar-refractivity contribution in [1.29, 1.82) is 0 Å². The fourth-order valence-corrected chi connectivity index (χ4v) is 1.22. The molecule has 1 aromatic rings. The van der Waals surface area contributed by atoms with E-state index in [4.69, 9.17) is 0 Å². The number of rotatable bonds is 3. The Balaban J connectivity index is 1.96. The number of nitrogens with one attached hydrogen (secondary N) is 1. The number of aromatic nitrogens is 3. The summed E-state index contributed by atoms with van der Waals surface area (Å²) in [6.07, 6.45) is 2.73. The van der Waals surface area contributed by atoms with Gasteiger partial charge in [-0.05, 0) is 25.7 Å². The Kier molecular flexibility index (Phi) is 1.75. The molecule has 0 aliphatic heterocycles. The molecule has 0 unspecified atom stereocenters. The molecule has 0 amide bonds. The second kappa shape index (κ2) is 2.77. The van der Waals surface area contributed by atoms with Crippen LogP contribution in [0.5, 0.6) is 0 Å². The molecule has 1 aliphatic carbocycles. The first-order valence-corrected chi connectivity index (χ1v) is 4.37. The Morgan fingerprint density at radius 1 is 1.58 bits per heavy atom. The van der Waals surface area contributed by atoms with Gasteiger partial charge >= 0.3 is 0 Å². The lowest BCUT2D eigenvalue weighted by Gasteiger charge is -2.01. The third kappa shape index (κ3) is 1.57. The summed E-state index contributed by atoms with van der Waals surface area (Å²) in [5, 5.41) is 7.44. The van der Waals surface area contributed by atoms with Crippen molar-refractivity contribution in [3.63, 3.8) is 0 Å². The molecule has 1 aliphatic rings. The summed E-state index contributed by atoms with van der Waals surface area (Å²) in [6, 6.07) is 0. The van der Waals surface area contributed by atoms with E-state index < -0.39 is 0 Å². The maximum absolute atomic E-state index is 4.25. The van der Waals surface area contributed by atoms with Gasteiger partial charge < -0.3 is 5.32 Å². The van der Waals surface area contributed by atoms with Crippen LogP contribution < -0.4 is 5.32 Å². The van der Waals surface area contributed by atoms with Crippen molar-refractivity contribution in [2.75, 3.05) is 11.9 Å². The van der Waals surface area contributed by atoms with Crippen LogP contribution >= 0.6 is 0 Å². The topological polar surface area (TPSA) is 42.7 Å². The SMILES string of the molecule is Cc1nc(NCC2CC2)n(C)n1. The standard InChI is InChI=1S/C8H14N4/c1-6-10-8(12(2)11-6)9-5-7-3-4-7/h7H,3-5H2,1-2H3,(H,9,10,11). The Labute approximate surface area is 72.0 Å². The van der Waals surface area contributed by atoms with E-state index in [2.05, 4.69) is 15.4 Å². The lowest BCUT2D eigenvalue weighted by Crippen LogP contribution is -2.08. The predicted octanol–water partition coefficient (Wildman–Crippen LogP) is 0.945. The van der Waals surface area contributed by atoms with Crippen molar-refractivity contribution in [3.05, 3.63) is 5.82 Å². The molecular formula is C8H14N4.